The number of nitrogen functional groups attached to an aromatic ring is 1. The lowest BCUT2D eigenvalue weighted by Crippen LogP contribution is -2.28. The molecule has 2 aromatic rings. The Kier molecular flexibility index (Phi) is 3.55. The van der Waals surface area contributed by atoms with E-state index >= 15 is 0 Å². The topological polar surface area (TPSA) is 64.2 Å². The number of imidazole rings is 1. The molecule has 0 fully saturated rings. The van der Waals surface area contributed by atoms with Crippen molar-refractivity contribution in [3.63, 3.8) is 0 Å². The number of nitrogens with two attached hydrogens (primary N) is 1. The number of aromatic nitrogens is 2. The minimum Gasteiger partial charge on any atom is -0.398 e. The molecule has 0 saturated carbocycles. The summed E-state index contributed by atoms with van der Waals surface area (Å²) in [5, 5.41) is 0. The molecular weight excluding hydrogens is 240 g/mol. The van der Waals surface area contributed by atoms with Gasteiger partial charge in [-0.1, -0.05) is 12.1 Å². The molecular formula is C14H18N4O. The monoisotopic (exact) mass is 258 g/mol. The summed E-state index contributed by atoms with van der Waals surface area (Å²) in [6, 6.07) is 5.48. The summed E-state index contributed by atoms with van der Waals surface area (Å²) in [6.45, 7) is 2.34. The SMILES string of the molecule is Cc1cccc(N)c1C(=O)N(C)Cc1nccn1C. The van der Waals surface area contributed by atoms with E-state index in [0.29, 0.717) is 17.8 Å². The zero-order chi connectivity index (χ0) is 14.0. The van der Waals surface area contributed by atoms with Gasteiger partial charge in [0.2, 0.25) is 0 Å². The van der Waals surface area contributed by atoms with Gasteiger partial charge in [0.1, 0.15) is 5.82 Å². The smallest absolute Gasteiger partial charge is 0.256 e. The van der Waals surface area contributed by atoms with E-state index < -0.39 is 0 Å². The average molecular weight is 258 g/mol. The van der Waals surface area contributed by atoms with Crippen molar-refractivity contribution in [3.8, 4) is 0 Å². The highest BCUT2D eigenvalue weighted by Gasteiger charge is 2.18. The molecule has 2 N–H and O–H groups in total. The molecule has 0 aliphatic heterocycles. The molecule has 19 heavy (non-hydrogen) atoms. The molecule has 0 bridgehead atoms. The molecule has 5 heteroatoms. The molecule has 1 heterocycles. The van der Waals surface area contributed by atoms with Gasteiger partial charge in [-0.25, -0.2) is 4.98 Å². The maximum absolute atomic E-state index is 12.4. The third-order valence-electron chi connectivity index (χ3n) is 3.17. The van der Waals surface area contributed by atoms with E-state index in [-0.39, 0.29) is 5.91 Å². The van der Waals surface area contributed by atoms with Gasteiger partial charge in [0.15, 0.2) is 0 Å². The predicted octanol–water partition coefficient (Wildman–Crippen LogP) is 1.58. The third kappa shape index (κ3) is 2.59. The maximum atomic E-state index is 12.4. The fraction of sp³-hybridized carbons (Fsp3) is 0.286. The van der Waals surface area contributed by atoms with E-state index in [1.807, 2.05) is 36.9 Å². The summed E-state index contributed by atoms with van der Waals surface area (Å²) in [6.07, 6.45) is 3.57. The van der Waals surface area contributed by atoms with Gasteiger partial charge in [-0.15, -0.1) is 0 Å². The Bertz CT molecular complexity index is 583. The Morgan fingerprint density at radius 1 is 1.47 bits per heavy atom. The highest BCUT2D eigenvalue weighted by Crippen LogP contribution is 2.18. The summed E-state index contributed by atoms with van der Waals surface area (Å²) in [5.74, 6) is 0.751. The zero-order valence-electron chi connectivity index (χ0n) is 11.4. The van der Waals surface area contributed by atoms with Crippen LogP contribution in [0.2, 0.25) is 0 Å². The molecule has 0 aliphatic carbocycles. The van der Waals surface area contributed by atoms with Crippen molar-refractivity contribution in [1.29, 1.82) is 0 Å². The van der Waals surface area contributed by atoms with Crippen LogP contribution in [-0.4, -0.2) is 27.4 Å². The van der Waals surface area contributed by atoms with Crippen LogP contribution >= 0.6 is 0 Å². The Morgan fingerprint density at radius 3 is 2.79 bits per heavy atom. The minimum absolute atomic E-state index is 0.0846. The molecule has 2 rings (SSSR count). The largest absolute Gasteiger partial charge is 0.398 e. The number of hydrogen-bond donors (Lipinski definition) is 1. The second-order valence-corrected chi connectivity index (χ2v) is 4.65. The van der Waals surface area contributed by atoms with E-state index in [4.69, 9.17) is 5.73 Å². The van der Waals surface area contributed by atoms with Gasteiger partial charge < -0.3 is 15.2 Å². The first kappa shape index (κ1) is 13.1. The molecule has 1 aromatic heterocycles. The summed E-state index contributed by atoms with van der Waals surface area (Å²) in [4.78, 5) is 18.3. The number of rotatable bonds is 3. The van der Waals surface area contributed by atoms with Gasteiger partial charge in [-0.3, -0.25) is 4.79 Å². The van der Waals surface area contributed by atoms with Gasteiger partial charge >= 0.3 is 0 Å². The van der Waals surface area contributed by atoms with Crippen LogP contribution in [0, 0.1) is 6.92 Å². The van der Waals surface area contributed by atoms with Crippen LogP contribution in [0.5, 0.6) is 0 Å². The quantitative estimate of drug-likeness (QED) is 0.850. The van der Waals surface area contributed by atoms with Crippen molar-refractivity contribution in [2.45, 2.75) is 13.5 Å². The second kappa shape index (κ2) is 5.14. The number of carbonyl (C=O) groups excluding carboxylic acids is 1. The van der Waals surface area contributed by atoms with Gasteiger partial charge in [0.25, 0.3) is 5.91 Å². The molecule has 1 aromatic carbocycles. The lowest BCUT2D eigenvalue weighted by atomic mass is 10.1. The first-order chi connectivity index (χ1) is 9.00. The van der Waals surface area contributed by atoms with Crippen molar-refractivity contribution in [1.82, 2.24) is 14.5 Å². The normalized spacial score (nSPS) is 10.5. The van der Waals surface area contributed by atoms with Crippen molar-refractivity contribution in [2.24, 2.45) is 7.05 Å². The van der Waals surface area contributed by atoms with Crippen LogP contribution in [0.25, 0.3) is 0 Å². The molecule has 5 nitrogen and oxygen atoms in total. The van der Waals surface area contributed by atoms with Crippen LogP contribution in [0.15, 0.2) is 30.6 Å². The lowest BCUT2D eigenvalue weighted by Gasteiger charge is -2.19. The van der Waals surface area contributed by atoms with Gasteiger partial charge in [0.05, 0.1) is 12.1 Å². The number of aryl methyl sites for hydroxylation is 2. The Balaban J connectivity index is 2.22. The highest BCUT2D eigenvalue weighted by molar-refractivity contribution is 6.00. The number of anilines is 1. The molecule has 0 atom stereocenters. The number of carbonyl (C=O) groups is 1. The van der Waals surface area contributed by atoms with Crippen molar-refractivity contribution < 1.29 is 4.79 Å². The second-order valence-electron chi connectivity index (χ2n) is 4.65. The van der Waals surface area contributed by atoms with Crippen LogP contribution in [-0.2, 0) is 13.6 Å². The highest BCUT2D eigenvalue weighted by atomic mass is 16.2. The number of benzene rings is 1. The number of hydrogen-bond acceptors (Lipinski definition) is 3. The van der Waals surface area contributed by atoms with Crippen molar-refractivity contribution >= 4 is 11.6 Å². The summed E-state index contributed by atoms with van der Waals surface area (Å²) < 4.78 is 1.89. The van der Waals surface area contributed by atoms with E-state index in [9.17, 15) is 4.79 Å². The fourth-order valence-electron chi connectivity index (χ4n) is 2.01. The van der Waals surface area contributed by atoms with E-state index in [1.165, 1.54) is 0 Å². The third-order valence-corrected chi connectivity index (χ3v) is 3.17. The minimum atomic E-state index is -0.0846. The van der Waals surface area contributed by atoms with Gasteiger partial charge in [-0.2, -0.15) is 0 Å². The van der Waals surface area contributed by atoms with E-state index in [0.717, 1.165) is 11.4 Å². The summed E-state index contributed by atoms with van der Waals surface area (Å²) in [5.41, 5.74) is 7.86. The summed E-state index contributed by atoms with van der Waals surface area (Å²) in [7, 11) is 3.66. The lowest BCUT2D eigenvalue weighted by molar-refractivity contribution is 0.0781. The van der Waals surface area contributed by atoms with Gasteiger partial charge in [0, 0.05) is 32.2 Å². The predicted molar refractivity (Wildman–Crippen MR) is 74.6 cm³/mol. The van der Waals surface area contributed by atoms with Crippen molar-refractivity contribution in [3.05, 3.63) is 47.5 Å². The summed E-state index contributed by atoms with van der Waals surface area (Å²) >= 11 is 0. The van der Waals surface area contributed by atoms with E-state index in [2.05, 4.69) is 4.98 Å². The Hall–Kier alpha value is -2.30. The van der Waals surface area contributed by atoms with Crippen LogP contribution < -0.4 is 5.73 Å². The molecule has 0 spiro atoms. The van der Waals surface area contributed by atoms with E-state index in [1.54, 1.807) is 24.2 Å². The van der Waals surface area contributed by atoms with Crippen LogP contribution in [0.4, 0.5) is 5.69 Å². The first-order valence-electron chi connectivity index (χ1n) is 6.07. The molecule has 0 aliphatic rings. The number of amides is 1. The standard InChI is InChI=1S/C14H18N4O/c1-10-5-4-6-11(15)13(10)14(19)18(3)9-12-16-7-8-17(12)2/h4-8H,9,15H2,1-3H3. The molecule has 100 valence electrons. The molecule has 0 radical (unpaired) electrons. The maximum Gasteiger partial charge on any atom is 0.256 e. The van der Waals surface area contributed by atoms with Gasteiger partial charge in [-0.05, 0) is 18.6 Å². The first-order valence-corrected chi connectivity index (χ1v) is 6.07. The zero-order valence-corrected chi connectivity index (χ0v) is 11.4. The Morgan fingerprint density at radius 2 is 2.21 bits per heavy atom. The Labute approximate surface area is 112 Å². The van der Waals surface area contributed by atoms with Crippen LogP contribution in [0.3, 0.4) is 0 Å². The van der Waals surface area contributed by atoms with Crippen LogP contribution in [0.1, 0.15) is 21.7 Å². The average Bonchev–Trinajstić information content (AvgIpc) is 2.74. The molecule has 0 saturated heterocycles. The molecule has 1 amide bonds. The molecule has 0 unspecified atom stereocenters. The van der Waals surface area contributed by atoms with Crippen molar-refractivity contribution in [2.75, 3.05) is 12.8 Å². The fourth-order valence-corrected chi connectivity index (χ4v) is 2.01. The number of nitrogens with zero attached hydrogens (tertiary/aromatic N) is 3.